The Hall–Kier alpha value is -3.03. The number of nitrogens with zero attached hydrogens (tertiary/aromatic N) is 1. The van der Waals surface area contributed by atoms with Crippen molar-refractivity contribution in [2.45, 2.75) is 25.8 Å². The number of carbonyl (C=O) groups excluding carboxylic acids is 1. The van der Waals surface area contributed by atoms with Crippen LogP contribution in [0.3, 0.4) is 0 Å². The second-order valence-corrected chi connectivity index (χ2v) is 7.61. The minimum absolute atomic E-state index is 0. The number of amides is 1. The van der Waals surface area contributed by atoms with Crippen LogP contribution in [0.1, 0.15) is 28.9 Å². The van der Waals surface area contributed by atoms with Crippen molar-refractivity contribution < 1.29 is 20.1 Å². The van der Waals surface area contributed by atoms with E-state index >= 15 is 0 Å². The van der Waals surface area contributed by atoms with Crippen LogP contribution in [0.4, 0.5) is 0 Å². The molecule has 2 heterocycles. The Morgan fingerprint density at radius 2 is 1.93 bits per heavy atom. The maximum absolute atomic E-state index is 12.9. The molecule has 0 atom stereocenters. The van der Waals surface area contributed by atoms with Crippen LogP contribution >= 0.6 is 0 Å². The lowest BCUT2D eigenvalue weighted by Crippen LogP contribution is -2.45. The predicted molar refractivity (Wildman–Crippen MR) is 117 cm³/mol. The summed E-state index contributed by atoms with van der Waals surface area (Å²) in [5.41, 5.74) is 2.30. The number of aromatic amines is 1. The maximum Gasteiger partial charge on any atom is 0.253 e. The van der Waals surface area contributed by atoms with Crippen molar-refractivity contribution in [2.75, 3.05) is 26.2 Å². The zero-order chi connectivity index (χ0) is 20.2. The summed E-state index contributed by atoms with van der Waals surface area (Å²) in [6, 6.07) is 15.1. The summed E-state index contributed by atoms with van der Waals surface area (Å²) in [6.45, 7) is 5.32. The normalized spacial score (nSPS) is 15.0. The van der Waals surface area contributed by atoms with Crippen LogP contribution in [0.5, 0.6) is 11.5 Å². The van der Waals surface area contributed by atoms with Gasteiger partial charge in [0.1, 0.15) is 18.1 Å². The SMILES string of the molecule is Cc1[nH]c2ccc(O)cc2c1C(=O)NC1CCN(CCOc2ccccc2)CC1.O. The summed E-state index contributed by atoms with van der Waals surface area (Å²) in [7, 11) is 0. The number of hydrogen-bond donors (Lipinski definition) is 3. The fourth-order valence-corrected chi connectivity index (χ4v) is 3.97. The number of likely N-dealkylation sites (tertiary alicyclic amines) is 1. The van der Waals surface area contributed by atoms with E-state index in [4.69, 9.17) is 4.74 Å². The lowest BCUT2D eigenvalue weighted by Gasteiger charge is -2.32. The third-order valence-electron chi connectivity index (χ3n) is 5.54. The quantitative estimate of drug-likeness (QED) is 0.579. The smallest absolute Gasteiger partial charge is 0.253 e. The standard InChI is InChI=1S/C23H27N3O3.H2O/c1-16-22(20-15-18(27)7-8-21(20)24-16)23(28)25-17-9-11-26(12-10-17)13-14-29-19-5-3-2-4-6-19;/h2-8,15,17,24,27H,9-14H2,1H3,(H,25,28);1H2. The number of aromatic nitrogens is 1. The van der Waals surface area contributed by atoms with Gasteiger partial charge in [-0.05, 0) is 50.1 Å². The number of benzene rings is 2. The molecule has 5 N–H and O–H groups in total. The molecule has 0 aliphatic carbocycles. The second kappa shape index (κ2) is 9.65. The number of H-pyrrole nitrogens is 1. The highest BCUT2D eigenvalue weighted by Gasteiger charge is 2.23. The van der Waals surface area contributed by atoms with Crippen LogP contribution < -0.4 is 10.1 Å². The molecule has 1 aromatic heterocycles. The van der Waals surface area contributed by atoms with Gasteiger partial charge in [0.05, 0.1) is 5.56 Å². The molecule has 1 aliphatic rings. The minimum Gasteiger partial charge on any atom is -0.508 e. The van der Waals surface area contributed by atoms with Gasteiger partial charge in [-0.2, -0.15) is 0 Å². The monoisotopic (exact) mass is 411 g/mol. The van der Waals surface area contributed by atoms with Crippen molar-refractivity contribution in [3.8, 4) is 11.5 Å². The molecule has 160 valence electrons. The van der Waals surface area contributed by atoms with Crippen molar-refractivity contribution in [3.05, 3.63) is 59.8 Å². The number of piperidine rings is 1. The first kappa shape index (κ1) is 21.7. The Morgan fingerprint density at radius 1 is 1.20 bits per heavy atom. The van der Waals surface area contributed by atoms with Gasteiger partial charge in [-0.15, -0.1) is 0 Å². The Morgan fingerprint density at radius 3 is 2.67 bits per heavy atom. The van der Waals surface area contributed by atoms with Gasteiger partial charge in [0.25, 0.3) is 5.91 Å². The molecule has 2 aromatic carbocycles. The van der Waals surface area contributed by atoms with E-state index in [2.05, 4.69) is 15.2 Å². The first-order valence-corrected chi connectivity index (χ1v) is 10.1. The molecule has 0 radical (unpaired) electrons. The fraction of sp³-hybridized carbons (Fsp3) is 0.348. The molecule has 0 unspecified atom stereocenters. The molecule has 1 saturated heterocycles. The molecule has 4 rings (SSSR count). The summed E-state index contributed by atoms with van der Waals surface area (Å²) in [5.74, 6) is 0.983. The van der Waals surface area contributed by atoms with Crippen molar-refractivity contribution in [1.82, 2.24) is 15.2 Å². The molecule has 7 heteroatoms. The largest absolute Gasteiger partial charge is 0.508 e. The van der Waals surface area contributed by atoms with E-state index in [0.717, 1.165) is 54.8 Å². The molecular formula is C23H29N3O4. The molecule has 3 aromatic rings. The van der Waals surface area contributed by atoms with E-state index in [9.17, 15) is 9.90 Å². The molecule has 1 fully saturated rings. The molecule has 1 aliphatic heterocycles. The number of aryl methyl sites for hydroxylation is 1. The van der Waals surface area contributed by atoms with Gasteiger partial charge in [0, 0.05) is 42.3 Å². The highest BCUT2D eigenvalue weighted by Crippen LogP contribution is 2.26. The fourth-order valence-electron chi connectivity index (χ4n) is 3.97. The second-order valence-electron chi connectivity index (χ2n) is 7.61. The molecular weight excluding hydrogens is 382 g/mol. The van der Waals surface area contributed by atoms with Crippen LogP contribution in [0, 0.1) is 6.92 Å². The van der Waals surface area contributed by atoms with Crippen LogP contribution in [0.2, 0.25) is 0 Å². The number of fused-ring (bicyclic) bond motifs is 1. The van der Waals surface area contributed by atoms with Crippen LogP contribution in [-0.2, 0) is 0 Å². The lowest BCUT2D eigenvalue weighted by atomic mass is 10.0. The molecule has 7 nitrogen and oxygen atoms in total. The summed E-state index contributed by atoms with van der Waals surface area (Å²) < 4.78 is 5.78. The summed E-state index contributed by atoms with van der Waals surface area (Å²) in [5, 5.41) is 13.7. The summed E-state index contributed by atoms with van der Waals surface area (Å²) in [4.78, 5) is 18.5. The van der Waals surface area contributed by atoms with Crippen molar-refractivity contribution in [2.24, 2.45) is 0 Å². The number of hydrogen-bond acceptors (Lipinski definition) is 4. The van der Waals surface area contributed by atoms with Gasteiger partial charge in [-0.1, -0.05) is 18.2 Å². The lowest BCUT2D eigenvalue weighted by molar-refractivity contribution is 0.0906. The number of carbonyl (C=O) groups is 1. The number of phenols is 1. The van der Waals surface area contributed by atoms with Crippen molar-refractivity contribution in [1.29, 1.82) is 0 Å². The number of ether oxygens (including phenoxy) is 1. The molecule has 0 spiro atoms. The predicted octanol–water partition coefficient (Wildman–Crippen LogP) is 2.63. The van der Waals surface area contributed by atoms with Gasteiger partial charge in [0.2, 0.25) is 0 Å². The first-order valence-electron chi connectivity index (χ1n) is 10.1. The number of para-hydroxylation sites is 1. The zero-order valence-corrected chi connectivity index (χ0v) is 17.1. The Balaban J connectivity index is 0.00000256. The van der Waals surface area contributed by atoms with E-state index in [-0.39, 0.29) is 23.2 Å². The van der Waals surface area contributed by atoms with E-state index < -0.39 is 0 Å². The molecule has 0 bridgehead atoms. The zero-order valence-electron chi connectivity index (χ0n) is 17.1. The Bertz CT molecular complexity index is 979. The van der Waals surface area contributed by atoms with Gasteiger partial charge in [-0.3, -0.25) is 9.69 Å². The van der Waals surface area contributed by atoms with Crippen molar-refractivity contribution in [3.63, 3.8) is 0 Å². The number of nitrogens with one attached hydrogen (secondary N) is 2. The van der Waals surface area contributed by atoms with Crippen LogP contribution in [-0.4, -0.2) is 58.7 Å². The summed E-state index contributed by atoms with van der Waals surface area (Å²) in [6.07, 6.45) is 1.84. The maximum atomic E-state index is 12.9. The molecule has 0 saturated carbocycles. The minimum atomic E-state index is -0.0785. The van der Waals surface area contributed by atoms with E-state index in [1.807, 2.05) is 37.3 Å². The number of rotatable bonds is 6. The average molecular weight is 412 g/mol. The summed E-state index contributed by atoms with van der Waals surface area (Å²) >= 11 is 0. The molecule has 30 heavy (non-hydrogen) atoms. The topological polar surface area (TPSA) is 109 Å². The average Bonchev–Trinajstić information content (AvgIpc) is 3.05. The third kappa shape index (κ3) is 4.93. The van der Waals surface area contributed by atoms with Crippen LogP contribution in [0.25, 0.3) is 10.9 Å². The Labute approximate surface area is 176 Å². The highest BCUT2D eigenvalue weighted by molar-refractivity contribution is 6.08. The van der Waals surface area contributed by atoms with Gasteiger partial charge < -0.3 is 25.6 Å². The van der Waals surface area contributed by atoms with E-state index in [0.29, 0.717) is 12.2 Å². The van der Waals surface area contributed by atoms with E-state index in [1.54, 1.807) is 18.2 Å². The van der Waals surface area contributed by atoms with Crippen LogP contribution in [0.15, 0.2) is 48.5 Å². The van der Waals surface area contributed by atoms with Gasteiger partial charge in [-0.25, -0.2) is 0 Å². The van der Waals surface area contributed by atoms with Crippen molar-refractivity contribution >= 4 is 16.8 Å². The molecule has 1 amide bonds. The highest BCUT2D eigenvalue weighted by atomic mass is 16.5. The Kier molecular flexibility index (Phi) is 6.97. The van der Waals surface area contributed by atoms with E-state index in [1.165, 1.54) is 0 Å². The van der Waals surface area contributed by atoms with Gasteiger partial charge >= 0.3 is 0 Å². The number of phenolic OH excluding ortho intramolecular Hbond substituents is 1. The first-order chi connectivity index (χ1) is 14.1. The van der Waals surface area contributed by atoms with Gasteiger partial charge in [0.15, 0.2) is 0 Å². The third-order valence-corrected chi connectivity index (χ3v) is 5.54. The number of aromatic hydroxyl groups is 1.